The van der Waals surface area contributed by atoms with Crippen LogP contribution >= 0.6 is 15.6 Å². The summed E-state index contributed by atoms with van der Waals surface area (Å²) in [4.78, 5) is 72.9. The number of phosphoric acid groups is 2. The molecule has 0 amide bonds. The fourth-order valence-corrected chi connectivity index (χ4v) is 13.9. The number of phosphoric ester groups is 2. The summed E-state index contributed by atoms with van der Waals surface area (Å²) in [5, 5.41) is 10.6. The molecule has 3 N–H and O–H groups in total. The molecule has 17 nitrogen and oxygen atoms in total. The van der Waals surface area contributed by atoms with Gasteiger partial charge in [0.1, 0.15) is 19.3 Å². The summed E-state index contributed by atoms with van der Waals surface area (Å²) in [5.41, 5.74) is 0. The van der Waals surface area contributed by atoms with Crippen LogP contribution in [0.25, 0.3) is 0 Å². The van der Waals surface area contributed by atoms with Gasteiger partial charge in [0.2, 0.25) is 0 Å². The average Bonchev–Trinajstić information content (AvgIpc) is 1.11. The van der Waals surface area contributed by atoms with E-state index in [2.05, 4.69) is 41.5 Å². The molecule has 0 heterocycles. The van der Waals surface area contributed by atoms with E-state index in [9.17, 15) is 43.2 Å². The highest BCUT2D eigenvalue weighted by atomic mass is 31.2. The van der Waals surface area contributed by atoms with Crippen molar-refractivity contribution in [3.05, 3.63) is 0 Å². The minimum atomic E-state index is -4.96. The summed E-state index contributed by atoms with van der Waals surface area (Å²) >= 11 is 0. The molecular weight excluding hydrogens is 1290 g/mol. The Balaban J connectivity index is 5.21. The Kier molecular flexibility index (Phi) is 70.3. The lowest BCUT2D eigenvalue weighted by atomic mass is 9.99. The molecule has 3 unspecified atom stereocenters. The molecule has 0 aromatic rings. The van der Waals surface area contributed by atoms with E-state index in [1.807, 2.05) is 0 Å². The van der Waals surface area contributed by atoms with Crippen molar-refractivity contribution in [1.29, 1.82) is 0 Å². The molecule has 0 aliphatic rings. The number of rotatable bonds is 79. The molecule has 0 radical (unpaired) electrons. The maximum Gasteiger partial charge on any atom is 0.472 e. The third-order valence-electron chi connectivity index (χ3n) is 19.1. The molecular formula is C80H156O17P2. The number of unbranched alkanes of at least 4 members (excludes halogenated alkanes) is 48. The van der Waals surface area contributed by atoms with Crippen LogP contribution in [-0.2, 0) is 65.4 Å². The van der Waals surface area contributed by atoms with Gasteiger partial charge in [0, 0.05) is 25.7 Å². The lowest BCUT2D eigenvalue weighted by molar-refractivity contribution is -0.161. The number of hydrogen-bond acceptors (Lipinski definition) is 15. The van der Waals surface area contributed by atoms with Crippen LogP contribution in [0.5, 0.6) is 0 Å². The summed E-state index contributed by atoms with van der Waals surface area (Å²) in [6.45, 7) is 9.64. The first-order chi connectivity index (χ1) is 47.9. The zero-order chi connectivity index (χ0) is 72.8. The molecule has 0 aliphatic carbocycles. The number of ether oxygens (including phenoxy) is 4. The Morgan fingerprint density at radius 3 is 0.768 bits per heavy atom. The summed E-state index contributed by atoms with van der Waals surface area (Å²) in [5.74, 6) is -0.527. The van der Waals surface area contributed by atoms with Crippen LogP contribution in [0.15, 0.2) is 0 Å². The van der Waals surface area contributed by atoms with Crippen molar-refractivity contribution in [2.24, 2.45) is 11.8 Å². The number of carbonyl (C=O) groups is 4. The zero-order valence-corrected chi connectivity index (χ0v) is 66.6. The summed E-state index contributed by atoms with van der Waals surface area (Å²) in [6, 6.07) is 0. The van der Waals surface area contributed by atoms with E-state index in [1.165, 1.54) is 238 Å². The molecule has 19 heteroatoms. The van der Waals surface area contributed by atoms with Gasteiger partial charge in [-0.15, -0.1) is 0 Å². The largest absolute Gasteiger partial charge is 0.472 e. The van der Waals surface area contributed by atoms with Crippen LogP contribution in [0.3, 0.4) is 0 Å². The molecule has 0 aromatic heterocycles. The lowest BCUT2D eigenvalue weighted by Crippen LogP contribution is -2.30. The molecule has 0 spiro atoms. The number of carbonyl (C=O) groups excluding carboxylic acids is 4. The normalized spacial score (nSPS) is 14.2. The lowest BCUT2D eigenvalue weighted by Gasteiger charge is -2.21. The van der Waals surface area contributed by atoms with Crippen LogP contribution in [0, 0.1) is 11.8 Å². The molecule has 99 heavy (non-hydrogen) atoms. The average molecular weight is 1450 g/mol. The predicted octanol–water partition coefficient (Wildman–Crippen LogP) is 23.9. The topological polar surface area (TPSA) is 237 Å². The number of aliphatic hydroxyl groups is 1. The highest BCUT2D eigenvalue weighted by Crippen LogP contribution is 2.45. The first kappa shape index (κ1) is 97.1. The standard InChI is InChI=1S/C80H156O17P2/c1-7-10-12-14-16-18-19-20-21-22-23-24-25-26-27-28-33-40-46-52-58-64-79(84)96-76(69-91-78(83)63-57-51-45-39-32-30-29-31-37-42-48-54-60-72(4)5)71-95-99(88,89)93-67-74(81)66-92-98(86,87)94-70-75(68-90-77(82)62-56-50-44-36-17-15-13-11-8-2)97-80(85)65-59-53-47-41-35-34-38-43-49-55-61-73(6)9-3/h72-76,81H,7-71H2,1-6H3,(H,86,87)(H,88,89)/t73?,74-,75+,76+/m0/s1. The van der Waals surface area contributed by atoms with Crippen molar-refractivity contribution in [1.82, 2.24) is 0 Å². The second kappa shape index (κ2) is 71.7. The van der Waals surface area contributed by atoms with Crippen molar-refractivity contribution in [3.8, 4) is 0 Å². The monoisotopic (exact) mass is 1450 g/mol. The summed E-state index contributed by atoms with van der Waals surface area (Å²) < 4.78 is 68.6. The second-order valence-corrected chi connectivity index (χ2v) is 32.4. The number of esters is 4. The van der Waals surface area contributed by atoms with E-state index < -0.39 is 97.5 Å². The van der Waals surface area contributed by atoms with Gasteiger partial charge in [0.15, 0.2) is 12.2 Å². The van der Waals surface area contributed by atoms with Crippen molar-refractivity contribution >= 4 is 39.5 Å². The van der Waals surface area contributed by atoms with E-state index in [0.29, 0.717) is 25.7 Å². The van der Waals surface area contributed by atoms with Gasteiger partial charge in [-0.3, -0.25) is 37.3 Å². The van der Waals surface area contributed by atoms with Gasteiger partial charge in [-0.1, -0.05) is 369 Å². The Morgan fingerprint density at radius 2 is 0.515 bits per heavy atom. The van der Waals surface area contributed by atoms with Gasteiger partial charge in [-0.2, -0.15) is 0 Å². The van der Waals surface area contributed by atoms with Crippen LogP contribution in [0.1, 0.15) is 420 Å². The second-order valence-electron chi connectivity index (χ2n) is 29.5. The molecule has 0 fully saturated rings. The Bertz CT molecular complexity index is 1910. The van der Waals surface area contributed by atoms with Gasteiger partial charge in [-0.25, -0.2) is 9.13 Å². The van der Waals surface area contributed by atoms with Crippen molar-refractivity contribution in [2.75, 3.05) is 39.6 Å². The van der Waals surface area contributed by atoms with E-state index in [0.717, 1.165) is 102 Å². The molecule has 0 aromatic carbocycles. The van der Waals surface area contributed by atoms with E-state index >= 15 is 0 Å². The Morgan fingerprint density at radius 1 is 0.293 bits per heavy atom. The van der Waals surface area contributed by atoms with Gasteiger partial charge < -0.3 is 33.8 Å². The van der Waals surface area contributed by atoms with E-state index in [1.54, 1.807) is 0 Å². The van der Waals surface area contributed by atoms with Gasteiger partial charge in [0.25, 0.3) is 0 Å². The molecule has 0 saturated carbocycles. The fraction of sp³-hybridized carbons (Fsp3) is 0.950. The number of hydrogen-bond donors (Lipinski definition) is 3. The molecule has 0 rings (SSSR count). The number of aliphatic hydroxyl groups excluding tert-OH is 1. The minimum absolute atomic E-state index is 0.106. The maximum atomic E-state index is 13.1. The first-order valence-corrected chi connectivity index (χ1v) is 44.5. The van der Waals surface area contributed by atoms with Crippen LogP contribution in [0.4, 0.5) is 0 Å². The van der Waals surface area contributed by atoms with Crippen LogP contribution in [-0.4, -0.2) is 96.7 Å². The first-order valence-electron chi connectivity index (χ1n) is 41.5. The highest BCUT2D eigenvalue weighted by molar-refractivity contribution is 7.47. The quantitative estimate of drug-likeness (QED) is 0.0222. The van der Waals surface area contributed by atoms with Crippen LogP contribution in [0.2, 0.25) is 0 Å². The van der Waals surface area contributed by atoms with Crippen molar-refractivity contribution < 1.29 is 80.2 Å². The maximum absolute atomic E-state index is 13.1. The Labute approximate surface area is 607 Å². The summed E-state index contributed by atoms with van der Waals surface area (Å²) in [6.07, 6.45) is 61.0. The van der Waals surface area contributed by atoms with Crippen LogP contribution < -0.4 is 0 Å². The third kappa shape index (κ3) is 72.8. The smallest absolute Gasteiger partial charge is 0.462 e. The van der Waals surface area contributed by atoms with Gasteiger partial charge in [-0.05, 0) is 37.5 Å². The molecule has 588 valence electrons. The molecule has 0 saturated heterocycles. The van der Waals surface area contributed by atoms with Crippen molar-refractivity contribution in [2.45, 2.75) is 439 Å². The van der Waals surface area contributed by atoms with Gasteiger partial charge >= 0.3 is 39.5 Å². The van der Waals surface area contributed by atoms with E-state index in [4.69, 9.17) is 37.0 Å². The van der Waals surface area contributed by atoms with E-state index in [-0.39, 0.29) is 25.7 Å². The highest BCUT2D eigenvalue weighted by Gasteiger charge is 2.30. The predicted molar refractivity (Wildman–Crippen MR) is 405 cm³/mol. The van der Waals surface area contributed by atoms with Gasteiger partial charge in [0.05, 0.1) is 26.4 Å². The fourth-order valence-electron chi connectivity index (χ4n) is 12.3. The molecule has 0 bridgehead atoms. The van der Waals surface area contributed by atoms with Crippen molar-refractivity contribution in [3.63, 3.8) is 0 Å². The Hall–Kier alpha value is -1.94. The molecule has 0 aliphatic heterocycles. The minimum Gasteiger partial charge on any atom is -0.462 e. The zero-order valence-electron chi connectivity index (χ0n) is 64.8. The third-order valence-corrected chi connectivity index (χ3v) is 21.0. The molecule has 6 atom stereocenters. The SMILES string of the molecule is CCCCCCCCCCCCCCCCCCCCCCCC(=O)O[C@H](COC(=O)CCCCCCCCCCCCCCC(C)C)COP(=O)(O)OC[C@@H](O)COP(=O)(O)OC[C@@H](COC(=O)CCCCCCCCCCC)OC(=O)CCCCCCCCCCCCC(C)CC. The summed E-state index contributed by atoms with van der Waals surface area (Å²) in [7, 11) is -9.92.